The van der Waals surface area contributed by atoms with Crippen molar-refractivity contribution in [2.24, 2.45) is 0 Å². The molecule has 0 saturated carbocycles. The number of carbonyl (C=O) groups excluding carboxylic acids is 2. The number of benzene rings is 2. The summed E-state index contributed by atoms with van der Waals surface area (Å²) in [6.07, 6.45) is 2.09. The lowest BCUT2D eigenvalue weighted by atomic mass is 10.1. The molecule has 0 spiro atoms. The molecule has 0 atom stereocenters. The summed E-state index contributed by atoms with van der Waals surface area (Å²) < 4.78 is 14.2. The lowest BCUT2D eigenvalue weighted by Gasteiger charge is -2.35. The standard InChI is InChI=1S/C23H25FN4O4S/c24-19-5-1-2-6-21(19)33-20-8-7-17(28(31)32)15-18(20)23(30)27-13-11-25(12-14-27)16-22(29)26-9-3-4-10-26/h1-2,5-8,15H,3-4,9-14,16H2. The summed E-state index contributed by atoms with van der Waals surface area (Å²) in [6.45, 7) is 3.90. The van der Waals surface area contributed by atoms with Crippen LogP contribution in [-0.4, -0.2) is 77.3 Å². The van der Waals surface area contributed by atoms with E-state index in [-0.39, 0.29) is 23.1 Å². The molecule has 0 unspecified atom stereocenters. The number of halogens is 1. The number of piperazine rings is 1. The molecular formula is C23H25FN4O4S. The summed E-state index contributed by atoms with van der Waals surface area (Å²) >= 11 is 1.07. The van der Waals surface area contributed by atoms with Crippen molar-refractivity contribution in [3.63, 3.8) is 0 Å². The van der Waals surface area contributed by atoms with Crippen LogP contribution < -0.4 is 0 Å². The molecule has 2 aromatic carbocycles. The Labute approximate surface area is 195 Å². The van der Waals surface area contributed by atoms with Gasteiger partial charge in [0.25, 0.3) is 11.6 Å². The summed E-state index contributed by atoms with van der Waals surface area (Å²) in [5, 5.41) is 11.3. The van der Waals surface area contributed by atoms with E-state index in [4.69, 9.17) is 0 Å². The average Bonchev–Trinajstić information content (AvgIpc) is 3.36. The molecule has 2 fully saturated rings. The van der Waals surface area contributed by atoms with E-state index in [9.17, 15) is 24.1 Å². The minimum absolute atomic E-state index is 0.120. The van der Waals surface area contributed by atoms with Gasteiger partial charge < -0.3 is 9.80 Å². The van der Waals surface area contributed by atoms with Crippen LogP contribution in [0.5, 0.6) is 0 Å². The molecule has 2 aliphatic heterocycles. The molecule has 2 amide bonds. The molecule has 10 heteroatoms. The van der Waals surface area contributed by atoms with Crippen molar-refractivity contribution < 1.29 is 18.9 Å². The monoisotopic (exact) mass is 472 g/mol. The maximum atomic E-state index is 14.2. The predicted molar refractivity (Wildman–Crippen MR) is 122 cm³/mol. The van der Waals surface area contributed by atoms with Gasteiger partial charge in [0, 0.05) is 61.2 Å². The fourth-order valence-corrected chi connectivity index (χ4v) is 5.01. The minimum Gasteiger partial charge on any atom is -0.342 e. The van der Waals surface area contributed by atoms with E-state index in [1.165, 1.54) is 24.3 Å². The van der Waals surface area contributed by atoms with Gasteiger partial charge in [0.15, 0.2) is 0 Å². The molecule has 2 saturated heterocycles. The summed E-state index contributed by atoms with van der Waals surface area (Å²) in [6, 6.07) is 10.3. The first-order valence-electron chi connectivity index (χ1n) is 10.9. The normalized spacial score (nSPS) is 16.8. The Morgan fingerprint density at radius 1 is 0.939 bits per heavy atom. The zero-order valence-electron chi connectivity index (χ0n) is 18.1. The Balaban J connectivity index is 1.46. The molecule has 2 heterocycles. The van der Waals surface area contributed by atoms with Gasteiger partial charge in [0.1, 0.15) is 5.82 Å². The number of nitrogens with zero attached hydrogens (tertiary/aromatic N) is 4. The van der Waals surface area contributed by atoms with Crippen LogP contribution in [0.1, 0.15) is 23.2 Å². The van der Waals surface area contributed by atoms with Crippen molar-refractivity contribution in [3.8, 4) is 0 Å². The van der Waals surface area contributed by atoms with Crippen LogP contribution in [0.15, 0.2) is 52.3 Å². The van der Waals surface area contributed by atoms with Crippen LogP contribution in [-0.2, 0) is 4.79 Å². The second-order valence-corrected chi connectivity index (χ2v) is 9.21. The molecule has 0 radical (unpaired) electrons. The molecule has 2 aromatic rings. The second kappa shape index (κ2) is 10.3. The van der Waals surface area contributed by atoms with E-state index < -0.39 is 10.7 Å². The van der Waals surface area contributed by atoms with Crippen LogP contribution in [0.3, 0.4) is 0 Å². The first-order valence-corrected chi connectivity index (χ1v) is 11.7. The Morgan fingerprint density at radius 2 is 1.64 bits per heavy atom. The number of likely N-dealkylation sites (tertiary alicyclic amines) is 1. The molecule has 4 rings (SSSR count). The maximum absolute atomic E-state index is 14.2. The number of non-ortho nitro benzene ring substituents is 1. The summed E-state index contributed by atoms with van der Waals surface area (Å²) in [4.78, 5) is 42.8. The van der Waals surface area contributed by atoms with E-state index >= 15 is 0 Å². The third kappa shape index (κ3) is 5.51. The molecule has 0 bridgehead atoms. The van der Waals surface area contributed by atoms with E-state index in [2.05, 4.69) is 0 Å². The molecule has 0 aliphatic carbocycles. The highest BCUT2D eigenvalue weighted by Crippen LogP contribution is 2.34. The number of amides is 2. The van der Waals surface area contributed by atoms with Crippen molar-refractivity contribution in [2.45, 2.75) is 22.6 Å². The topological polar surface area (TPSA) is 87.0 Å². The van der Waals surface area contributed by atoms with Crippen molar-refractivity contribution in [3.05, 3.63) is 64.0 Å². The first-order chi connectivity index (χ1) is 15.9. The minimum atomic E-state index is -0.545. The first kappa shape index (κ1) is 23.2. The largest absolute Gasteiger partial charge is 0.342 e. The Bertz CT molecular complexity index is 1050. The Kier molecular flexibility index (Phi) is 7.24. The fourth-order valence-electron chi connectivity index (χ4n) is 4.07. The Morgan fingerprint density at radius 3 is 2.30 bits per heavy atom. The Hall–Kier alpha value is -2.98. The van der Waals surface area contributed by atoms with Crippen molar-refractivity contribution in [2.75, 3.05) is 45.8 Å². The van der Waals surface area contributed by atoms with Gasteiger partial charge in [-0.05, 0) is 31.0 Å². The van der Waals surface area contributed by atoms with Crippen molar-refractivity contribution in [1.29, 1.82) is 0 Å². The highest BCUT2D eigenvalue weighted by atomic mass is 32.2. The van der Waals surface area contributed by atoms with Crippen LogP contribution in [0.4, 0.5) is 10.1 Å². The number of rotatable bonds is 6. The lowest BCUT2D eigenvalue weighted by molar-refractivity contribution is -0.384. The molecule has 174 valence electrons. The van der Waals surface area contributed by atoms with Crippen LogP contribution in [0, 0.1) is 15.9 Å². The average molecular weight is 473 g/mol. The quantitative estimate of drug-likeness (QED) is 0.474. The van der Waals surface area contributed by atoms with Crippen molar-refractivity contribution in [1.82, 2.24) is 14.7 Å². The number of nitro benzene ring substituents is 1. The summed E-state index contributed by atoms with van der Waals surface area (Å²) in [5.41, 5.74) is -0.00914. The zero-order valence-corrected chi connectivity index (χ0v) is 18.9. The SMILES string of the molecule is O=C(CN1CCN(C(=O)c2cc([N+](=O)[O-])ccc2Sc2ccccc2F)CC1)N1CCCC1. The van der Waals surface area contributed by atoms with Gasteiger partial charge in [-0.15, -0.1) is 0 Å². The maximum Gasteiger partial charge on any atom is 0.270 e. The predicted octanol–water partition coefficient (Wildman–Crippen LogP) is 3.27. The number of hydrogen-bond donors (Lipinski definition) is 0. The van der Waals surface area contributed by atoms with E-state index in [0.29, 0.717) is 42.5 Å². The van der Waals surface area contributed by atoms with Gasteiger partial charge >= 0.3 is 0 Å². The molecule has 8 nitrogen and oxygen atoms in total. The third-order valence-corrected chi connectivity index (χ3v) is 7.06. The van der Waals surface area contributed by atoms with Gasteiger partial charge in [0.2, 0.25) is 5.91 Å². The van der Waals surface area contributed by atoms with Crippen LogP contribution in [0.25, 0.3) is 0 Å². The van der Waals surface area contributed by atoms with E-state index in [1.807, 2.05) is 9.80 Å². The highest BCUT2D eigenvalue weighted by molar-refractivity contribution is 7.99. The molecule has 33 heavy (non-hydrogen) atoms. The van der Waals surface area contributed by atoms with Crippen molar-refractivity contribution >= 4 is 29.3 Å². The van der Waals surface area contributed by atoms with E-state index in [0.717, 1.165) is 37.7 Å². The van der Waals surface area contributed by atoms with Gasteiger partial charge in [-0.3, -0.25) is 24.6 Å². The number of hydrogen-bond acceptors (Lipinski definition) is 6. The fraction of sp³-hybridized carbons (Fsp3) is 0.391. The number of nitro groups is 1. The van der Waals surface area contributed by atoms with Crippen LogP contribution >= 0.6 is 11.8 Å². The summed E-state index contributed by atoms with van der Waals surface area (Å²) in [5.74, 6) is -0.631. The zero-order chi connectivity index (χ0) is 23.4. The summed E-state index contributed by atoms with van der Waals surface area (Å²) in [7, 11) is 0. The van der Waals surface area contributed by atoms with Gasteiger partial charge in [0.05, 0.1) is 17.0 Å². The third-order valence-electron chi connectivity index (χ3n) is 5.94. The molecule has 0 N–H and O–H groups in total. The smallest absolute Gasteiger partial charge is 0.270 e. The van der Waals surface area contributed by atoms with Crippen LogP contribution in [0.2, 0.25) is 0 Å². The van der Waals surface area contributed by atoms with Gasteiger partial charge in [-0.25, -0.2) is 4.39 Å². The second-order valence-electron chi connectivity index (χ2n) is 8.13. The van der Waals surface area contributed by atoms with Gasteiger partial charge in [-0.2, -0.15) is 0 Å². The molecule has 0 aromatic heterocycles. The van der Waals surface area contributed by atoms with Gasteiger partial charge in [-0.1, -0.05) is 23.9 Å². The number of carbonyl (C=O) groups is 2. The van der Waals surface area contributed by atoms with E-state index in [1.54, 1.807) is 23.1 Å². The lowest BCUT2D eigenvalue weighted by Crippen LogP contribution is -2.51. The highest BCUT2D eigenvalue weighted by Gasteiger charge is 2.28. The molecule has 2 aliphatic rings. The molecular weight excluding hydrogens is 447 g/mol.